The Morgan fingerprint density at radius 2 is 1.45 bits per heavy atom. The van der Waals surface area contributed by atoms with Crippen molar-refractivity contribution in [2.75, 3.05) is 5.73 Å². The van der Waals surface area contributed by atoms with Gasteiger partial charge in [0, 0.05) is 25.1 Å². The van der Waals surface area contributed by atoms with Gasteiger partial charge in [0.25, 0.3) is 5.91 Å². The zero-order valence-electron chi connectivity index (χ0n) is 26.4. The summed E-state index contributed by atoms with van der Waals surface area (Å²) in [5, 5.41) is 21.1. The van der Waals surface area contributed by atoms with E-state index in [-0.39, 0.29) is 37.0 Å². The molecule has 0 aliphatic heterocycles. The van der Waals surface area contributed by atoms with Crippen molar-refractivity contribution in [2.45, 2.75) is 82.1 Å². The lowest BCUT2D eigenvalue weighted by molar-refractivity contribution is -0.141. The largest absolute Gasteiger partial charge is 0.391 e. The molecule has 47 heavy (non-hydrogen) atoms. The Kier molecular flexibility index (Phi) is 12.6. The van der Waals surface area contributed by atoms with Gasteiger partial charge in [0.05, 0.1) is 6.10 Å². The van der Waals surface area contributed by atoms with Gasteiger partial charge in [-0.25, -0.2) is 4.98 Å². The van der Waals surface area contributed by atoms with Crippen molar-refractivity contribution >= 4 is 35.2 Å². The molecule has 1 aliphatic carbocycles. The van der Waals surface area contributed by atoms with Crippen molar-refractivity contribution in [1.82, 2.24) is 26.3 Å². The molecule has 4 rings (SSSR count). The molecule has 2 unspecified atom stereocenters. The molecule has 1 saturated carbocycles. The van der Waals surface area contributed by atoms with Gasteiger partial charge in [-0.05, 0) is 61.8 Å². The molecule has 4 atom stereocenters. The van der Waals surface area contributed by atoms with Gasteiger partial charge in [-0.2, -0.15) is 0 Å². The molecule has 12 heteroatoms. The summed E-state index contributed by atoms with van der Waals surface area (Å²) in [5.41, 5.74) is 8.14. The lowest BCUT2D eigenvalue weighted by atomic mass is 10.0. The number of carbonyl (C=O) groups excluding carboxylic acids is 5. The van der Waals surface area contributed by atoms with Crippen LogP contribution in [0.3, 0.4) is 0 Å². The van der Waals surface area contributed by atoms with Crippen LogP contribution in [0.25, 0.3) is 0 Å². The van der Waals surface area contributed by atoms with Gasteiger partial charge >= 0.3 is 0 Å². The van der Waals surface area contributed by atoms with Gasteiger partial charge in [0.2, 0.25) is 23.5 Å². The fourth-order valence-corrected chi connectivity index (χ4v) is 4.96. The van der Waals surface area contributed by atoms with Crippen LogP contribution in [0.5, 0.6) is 0 Å². The third kappa shape index (κ3) is 11.3. The number of nitrogens with zero attached hydrogens (tertiary/aromatic N) is 1. The third-order valence-electron chi connectivity index (χ3n) is 7.82. The number of hydrogen-bond acceptors (Lipinski definition) is 8. The Morgan fingerprint density at radius 1 is 0.809 bits per heavy atom. The van der Waals surface area contributed by atoms with E-state index in [9.17, 15) is 29.1 Å². The van der Waals surface area contributed by atoms with E-state index in [1.807, 2.05) is 60.7 Å². The zero-order chi connectivity index (χ0) is 33.8. The molecule has 248 valence electrons. The van der Waals surface area contributed by atoms with Gasteiger partial charge in [-0.15, -0.1) is 0 Å². The number of benzene rings is 2. The number of nitrogen functional groups attached to an aromatic ring is 1. The Morgan fingerprint density at radius 3 is 2.02 bits per heavy atom. The zero-order valence-corrected chi connectivity index (χ0v) is 26.4. The number of Topliss-reactive ketones (excluding diaryl/α,β-unsaturated/α-hetero) is 1. The maximum atomic E-state index is 13.6. The molecule has 7 N–H and O–H groups in total. The molecule has 4 amide bonds. The number of carbonyl (C=O) groups is 5. The summed E-state index contributed by atoms with van der Waals surface area (Å²) in [5.74, 6) is -3.33. The summed E-state index contributed by atoms with van der Waals surface area (Å²) < 4.78 is 0. The number of nitrogens with two attached hydrogens (primary N) is 1. The number of aromatic nitrogens is 1. The molecule has 0 saturated heterocycles. The SMILES string of the molecule is C[C@@H](O)[C@H](NC(=O)C(CCc1ccccc1)NC(=O)CCc1ccccc1)C(=O)NC(Cc1ccc(N)nc1)C(=O)C(=O)NC1CC1. The Balaban J connectivity index is 1.46. The number of amides is 4. The minimum atomic E-state index is -1.49. The van der Waals surface area contributed by atoms with Crippen LogP contribution in [0.4, 0.5) is 5.82 Å². The highest BCUT2D eigenvalue weighted by atomic mass is 16.3. The van der Waals surface area contributed by atoms with E-state index in [1.165, 1.54) is 19.2 Å². The first kappa shape index (κ1) is 34.8. The number of ketones is 1. The summed E-state index contributed by atoms with van der Waals surface area (Å²) >= 11 is 0. The van der Waals surface area contributed by atoms with Crippen LogP contribution in [0, 0.1) is 0 Å². The maximum Gasteiger partial charge on any atom is 0.289 e. The summed E-state index contributed by atoms with van der Waals surface area (Å²) in [6.45, 7) is 1.32. The average molecular weight is 643 g/mol. The van der Waals surface area contributed by atoms with Crippen molar-refractivity contribution < 1.29 is 29.1 Å². The van der Waals surface area contributed by atoms with E-state index in [0.29, 0.717) is 18.4 Å². The van der Waals surface area contributed by atoms with Crippen molar-refractivity contribution in [2.24, 2.45) is 0 Å². The second-order valence-electron chi connectivity index (χ2n) is 11.8. The smallest absolute Gasteiger partial charge is 0.289 e. The van der Waals surface area contributed by atoms with Crippen LogP contribution in [0.1, 0.15) is 49.3 Å². The quantitative estimate of drug-likeness (QED) is 0.118. The summed E-state index contributed by atoms with van der Waals surface area (Å²) in [4.78, 5) is 69.9. The molecule has 3 aromatic rings. The van der Waals surface area contributed by atoms with E-state index in [2.05, 4.69) is 26.3 Å². The van der Waals surface area contributed by atoms with Gasteiger partial charge in [0.1, 0.15) is 23.9 Å². The van der Waals surface area contributed by atoms with Crippen molar-refractivity contribution in [3.8, 4) is 0 Å². The lowest BCUT2D eigenvalue weighted by Crippen LogP contribution is -2.60. The number of aliphatic hydroxyl groups excluding tert-OH is 1. The summed E-state index contributed by atoms with van der Waals surface area (Å²) in [6.07, 6.45) is 2.83. The first-order valence-corrected chi connectivity index (χ1v) is 15.8. The molecule has 0 radical (unpaired) electrons. The predicted octanol–water partition coefficient (Wildman–Crippen LogP) is 1.15. The maximum absolute atomic E-state index is 13.6. The lowest BCUT2D eigenvalue weighted by Gasteiger charge is -2.26. The molecule has 0 spiro atoms. The fraction of sp³-hybridized carbons (Fsp3) is 0.371. The summed E-state index contributed by atoms with van der Waals surface area (Å²) in [6, 6.07) is 18.2. The predicted molar refractivity (Wildman–Crippen MR) is 176 cm³/mol. The fourth-order valence-electron chi connectivity index (χ4n) is 4.96. The van der Waals surface area contributed by atoms with Crippen LogP contribution in [0.15, 0.2) is 79.0 Å². The van der Waals surface area contributed by atoms with E-state index < -0.39 is 47.7 Å². The first-order chi connectivity index (χ1) is 22.6. The van der Waals surface area contributed by atoms with Crippen LogP contribution in [-0.4, -0.2) is 69.8 Å². The van der Waals surface area contributed by atoms with Crippen molar-refractivity contribution in [3.05, 3.63) is 95.7 Å². The molecule has 12 nitrogen and oxygen atoms in total. The Labute approximate surface area is 273 Å². The van der Waals surface area contributed by atoms with Gasteiger partial charge in [0.15, 0.2) is 0 Å². The van der Waals surface area contributed by atoms with E-state index in [0.717, 1.165) is 24.0 Å². The number of aliphatic hydroxyl groups is 1. The molecular formula is C35H42N6O6. The van der Waals surface area contributed by atoms with E-state index >= 15 is 0 Å². The Hall–Kier alpha value is -5.10. The monoisotopic (exact) mass is 642 g/mol. The van der Waals surface area contributed by atoms with Crippen molar-refractivity contribution in [3.63, 3.8) is 0 Å². The first-order valence-electron chi connectivity index (χ1n) is 15.8. The number of aryl methyl sites for hydroxylation is 2. The number of rotatable bonds is 17. The number of nitrogens with one attached hydrogen (secondary N) is 4. The highest BCUT2D eigenvalue weighted by molar-refractivity contribution is 6.38. The topological polar surface area (TPSA) is 193 Å². The van der Waals surface area contributed by atoms with Crippen LogP contribution < -0.4 is 27.0 Å². The minimum Gasteiger partial charge on any atom is -0.391 e. The second-order valence-corrected chi connectivity index (χ2v) is 11.8. The molecule has 1 aromatic heterocycles. The minimum absolute atomic E-state index is 0.0758. The van der Waals surface area contributed by atoms with Crippen molar-refractivity contribution in [1.29, 1.82) is 0 Å². The highest BCUT2D eigenvalue weighted by Gasteiger charge is 2.35. The normalized spacial score (nSPS) is 14.9. The number of anilines is 1. The molecule has 2 aromatic carbocycles. The molecule has 1 aliphatic rings. The van der Waals surface area contributed by atoms with E-state index in [4.69, 9.17) is 5.73 Å². The highest BCUT2D eigenvalue weighted by Crippen LogP contribution is 2.18. The Bertz CT molecular complexity index is 1510. The van der Waals surface area contributed by atoms with E-state index in [1.54, 1.807) is 6.07 Å². The van der Waals surface area contributed by atoms with Crippen LogP contribution >= 0.6 is 0 Å². The summed E-state index contributed by atoms with van der Waals surface area (Å²) in [7, 11) is 0. The van der Waals surface area contributed by atoms with Gasteiger partial charge in [-0.3, -0.25) is 24.0 Å². The molecular weight excluding hydrogens is 600 g/mol. The molecule has 1 fully saturated rings. The number of pyridine rings is 1. The van der Waals surface area contributed by atoms with Crippen LogP contribution in [-0.2, 0) is 43.2 Å². The number of hydrogen-bond donors (Lipinski definition) is 6. The van der Waals surface area contributed by atoms with Gasteiger partial charge < -0.3 is 32.1 Å². The second kappa shape index (κ2) is 17.0. The average Bonchev–Trinajstić information content (AvgIpc) is 3.89. The molecule has 1 heterocycles. The third-order valence-corrected chi connectivity index (χ3v) is 7.82. The van der Waals surface area contributed by atoms with Crippen LogP contribution in [0.2, 0.25) is 0 Å². The standard InChI is InChI=1S/C35H42N6O6/c1-22(42)31(34(46)40-28(20-25-13-18-29(36)37-21-25)32(44)35(47)38-26-15-16-26)41-33(45)27(17-12-23-8-4-2-5-9-23)39-30(43)19-14-24-10-6-3-7-11-24/h2-11,13,18,21-22,26-28,31,42H,12,14-17,19-20H2,1H3,(H2,36,37)(H,38,47)(H,39,43)(H,40,46)(H,41,45)/t22-,27?,28?,31+/m1/s1. The van der Waals surface area contributed by atoms with Gasteiger partial charge in [-0.1, -0.05) is 66.7 Å². The molecule has 0 bridgehead atoms.